The molecular formula is C22H11Cl3N2OS. The first kappa shape index (κ1) is 19.8. The van der Waals surface area contributed by atoms with Gasteiger partial charge in [0.1, 0.15) is 22.6 Å². The first-order chi connectivity index (χ1) is 14.0. The van der Waals surface area contributed by atoms with Crippen LogP contribution in [-0.2, 0) is 0 Å². The molecule has 0 N–H and O–H groups in total. The molecule has 0 radical (unpaired) electrons. The Kier molecular flexibility index (Phi) is 5.75. The molecule has 0 saturated heterocycles. The molecule has 4 rings (SSSR count). The molecular weight excluding hydrogens is 447 g/mol. The lowest BCUT2D eigenvalue weighted by Crippen LogP contribution is -1.82. The number of rotatable bonds is 4. The summed E-state index contributed by atoms with van der Waals surface area (Å²) in [7, 11) is 0. The Hall–Kier alpha value is -2.55. The van der Waals surface area contributed by atoms with Gasteiger partial charge in [-0.3, -0.25) is 0 Å². The molecule has 0 atom stereocenters. The van der Waals surface area contributed by atoms with Crippen LogP contribution >= 0.6 is 46.1 Å². The van der Waals surface area contributed by atoms with E-state index in [0.717, 1.165) is 16.8 Å². The van der Waals surface area contributed by atoms with Gasteiger partial charge in [0.05, 0.1) is 21.3 Å². The van der Waals surface area contributed by atoms with Gasteiger partial charge >= 0.3 is 0 Å². The first-order valence-corrected chi connectivity index (χ1v) is 10.4. The normalized spacial score (nSPS) is 11.4. The summed E-state index contributed by atoms with van der Waals surface area (Å²) in [5, 5.41) is 13.7. The summed E-state index contributed by atoms with van der Waals surface area (Å²) >= 11 is 19.4. The Morgan fingerprint density at radius 2 is 1.72 bits per heavy atom. The molecule has 0 aliphatic rings. The topological polar surface area (TPSA) is 49.8 Å². The van der Waals surface area contributed by atoms with Gasteiger partial charge < -0.3 is 4.42 Å². The molecule has 3 nitrogen and oxygen atoms in total. The lowest BCUT2D eigenvalue weighted by Gasteiger charge is -1.99. The van der Waals surface area contributed by atoms with E-state index in [1.54, 1.807) is 24.3 Å². The van der Waals surface area contributed by atoms with Crippen LogP contribution in [0.3, 0.4) is 0 Å². The summed E-state index contributed by atoms with van der Waals surface area (Å²) in [4.78, 5) is 4.57. The molecule has 0 bridgehead atoms. The van der Waals surface area contributed by atoms with Crippen molar-refractivity contribution in [2.75, 3.05) is 0 Å². The quantitative estimate of drug-likeness (QED) is 0.291. The van der Waals surface area contributed by atoms with Crippen LogP contribution in [0.1, 0.15) is 10.8 Å². The Bertz CT molecular complexity index is 1250. The zero-order valence-electron chi connectivity index (χ0n) is 14.7. The Morgan fingerprint density at radius 1 is 0.966 bits per heavy atom. The van der Waals surface area contributed by atoms with Crippen molar-refractivity contribution in [1.82, 2.24) is 4.98 Å². The van der Waals surface area contributed by atoms with E-state index in [1.165, 1.54) is 11.3 Å². The molecule has 2 aromatic carbocycles. The highest BCUT2D eigenvalue weighted by molar-refractivity contribution is 7.11. The van der Waals surface area contributed by atoms with Crippen LogP contribution < -0.4 is 0 Å². The zero-order valence-corrected chi connectivity index (χ0v) is 17.8. The third kappa shape index (κ3) is 4.39. The minimum Gasteiger partial charge on any atom is -0.457 e. The van der Waals surface area contributed by atoms with Crippen LogP contribution in [0.4, 0.5) is 0 Å². The number of thiazole rings is 1. The summed E-state index contributed by atoms with van der Waals surface area (Å²) in [6.45, 7) is 0. The molecule has 2 aromatic heterocycles. The van der Waals surface area contributed by atoms with Crippen molar-refractivity contribution in [2.24, 2.45) is 0 Å². The zero-order chi connectivity index (χ0) is 20.4. The maximum atomic E-state index is 9.60. The monoisotopic (exact) mass is 456 g/mol. The molecule has 7 heteroatoms. The van der Waals surface area contributed by atoms with Gasteiger partial charge in [0, 0.05) is 27.6 Å². The number of nitriles is 1. The fourth-order valence-electron chi connectivity index (χ4n) is 2.67. The SMILES string of the molecule is N#C/C(=C\c1ccc(-c2ccc(Cl)c(Cl)c2)o1)c1nc(-c2ccc(Cl)cc2)cs1. The van der Waals surface area contributed by atoms with Gasteiger partial charge in [-0.05, 0) is 42.5 Å². The van der Waals surface area contributed by atoms with Crippen LogP contribution in [0.25, 0.3) is 34.2 Å². The highest BCUT2D eigenvalue weighted by atomic mass is 35.5. The standard InChI is InChI=1S/C22H11Cl3N2OS/c23-16-4-1-13(2-5-16)20-12-29-22(27-20)15(11-26)9-17-6-8-21(28-17)14-3-7-18(24)19(25)10-14/h1-10,12H/b15-9+. The van der Waals surface area contributed by atoms with Crippen molar-refractivity contribution < 1.29 is 4.42 Å². The molecule has 0 saturated carbocycles. The fraction of sp³-hybridized carbons (Fsp3) is 0. The van der Waals surface area contributed by atoms with Crippen molar-refractivity contribution in [3.63, 3.8) is 0 Å². The predicted molar refractivity (Wildman–Crippen MR) is 120 cm³/mol. The number of aromatic nitrogens is 1. The van der Waals surface area contributed by atoms with Crippen LogP contribution in [-0.4, -0.2) is 4.98 Å². The average molecular weight is 458 g/mol. The van der Waals surface area contributed by atoms with Crippen LogP contribution in [0, 0.1) is 11.3 Å². The molecule has 142 valence electrons. The highest BCUT2D eigenvalue weighted by Gasteiger charge is 2.11. The molecule has 0 unspecified atom stereocenters. The number of furan rings is 1. The second kappa shape index (κ2) is 8.44. The summed E-state index contributed by atoms with van der Waals surface area (Å²) in [5.41, 5.74) is 2.95. The van der Waals surface area contributed by atoms with Gasteiger partial charge in [0.25, 0.3) is 0 Å². The maximum Gasteiger partial charge on any atom is 0.134 e. The maximum absolute atomic E-state index is 9.60. The molecule has 4 aromatic rings. The van der Waals surface area contributed by atoms with Crippen molar-refractivity contribution in [3.05, 3.63) is 85.8 Å². The van der Waals surface area contributed by atoms with Crippen molar-refractivity contribution in [1.29, 1.82) is 5.26 Å². The summed E-state index contributed by atoms with van der Waals surface area (Å²) in [6, 6.07) is 18.5. The van der Waals surface area contributed by atoms with E-state index in [2.05, 4.69) is 11.1 Å². The van der Waals surface area contributed by atoms with Gasteiger partial charge in [-0.25, -0.2) is 4.98 Å². The van der Waals surface area contributed by atoms with Gasteiger partial charge in [-0.1, -0.05) is 46.9 Å². The van der Waals surface area contributed by atoms with Crippen molar-refractivity contribution in [3.8, 4) is 28.7 Å². The largest absolute Gasteiger partial charge is 0.457 e. The predicted octanol–water partition coefficient (Wildman–Crippen LogP) is 8.09. The second-order valence-electron chi connectivity index (χ2n) is 6.05. The lowest BCUT2D eigenvalue weighted by molar-refractivity contribution is 0.572. The number of halogens is 3. The van der Waals surface area contributed by atoms with Crippen LogP contribution in [0.2, 0.25) is 15.1 Å². The van der Waals surface area contributed by atoms with Gasteiger partial charge in [-0.15, -0.1) is 11.3 Å². The summed E-state index contributed by atoms with van der Waals surface area (Å²) in [5.74, 6) is 1.18. The first-order valence-electron chi connectivity index (χ1n) is 8.42. The number of benzene rings is 2. The molecule has 0 fully saturated rings. The molecule has 29 heavy (non-hydrogen) atoms. The summed E-state index contributed by atoms with van der Waals surface area (Å²) in [6.07, 6.45) is 1.67. The van der Waals surface area contributed by atoms with Gasteiger partial charge in [0.15, 0.2) is 0 Å². The van der Waals surface area contributed by atoms with E-state index in [0.29, 0.717) is 37.2 Å². The smallest absolute Gasteiger partial charge is 0.134 e. The third-order valence-electron chi connectivity index (χ3n) is 4.11. The van der Waals surface area contributed by atoms with Crippen molar-refractivity contribution in [2.45, 2.75) is 0 Å². The minimum atomic E-state index is 0.422. The molecule has 0 amide bonds. The Balaban J connectivity index is 1.62. The van der Waals surface area contributed by atoms with E-state index >= 15 is 0 Å². The third-order valence-corrected chi connectivity index (χ3v) is 5.98. The molecule has 0 spiro atoms. The fourth-order valence-corrected chi connectivity index (χ4v) is 3.89. The van der Waals surface area contributed by atoms with Crippen molar-refractivity contribution >= 4 is 57.8 Å². The van der Waals surface area contributed by atoms with Crippen LogP contribution in [0.15, 0.2) is 64.4 Å². The van der Waals surface area contributed by atoms with E-state index in [4.69, 9.17) is 39.2 Å². The molecule has 0 aliphatic heterocycles. The highest BCUT2D eigenvalue weighted by Crippen LogP contribution is 2.32. The summed E-state index contributed by atoms with van der Waals surface area (Å²) < 4.78 is 5.86. The lowest BCUT2D eigenvalue weighted by atomic mass is 10.2. The number of nitrogens with zero attached hydrogens (tertiary/aromatic N) is 2. The Labute approximate surface area is 186 Å². The molecule has 0 aliphatic carbocycles. The Morgan fingerprint density at radius 3 is 2.45 bits per heavy atom. The van der Waals surface area contributed by atoms with E-state index in [1.807, 2.05) is 41.8 Å². The number of hydrogen-bond donors (Lipinski definition) is 0. The van der Waals surface area contributed by atoms with Crippen LogP contribution in [0.5, 0.6) is 0 Å². The van der Waals surface area contributed by atoms with Gasteiger partial charge in [-0.2, -0.15) is 5.26 Å². The average Bonchev–Trinajstić information content (AvgIpc) is 3.39. The number of allylic oxidation sites excluding steroid dienone is 1. The second-order valence-corrected chi connectivity index (χ2v) is 8.15. The van der Waals surface area contributed by atoms with E-state index in [-0.39, 0.29) is 0 Å². The molecule has 2 heterocycles. The van der Waals surface area contributed by atoms with E-state index < -0.39 is 0 Å². The van der Waals surface area contributed by atoms with E-state index in [9.17, 15) is 5.26 Å². The van der Waals surface area contributed by atoms with Gasteiger partial charge in [0.2, 0.25) is 0 Å². The minimum absolute atomic E-state index is 0.422. The number of hydrogen-bond acceptors (Lipinski definition) is 4.